The molecule has 1 aliphatic heterocycles. The minimum atomic E-state index is -1.38. The molecule has 0 unspecified atom stereocenters. The molecule has 3 amide bonds. The molecule has 0 bridgehead atoms. The van der Waals surface area contributed by atoms with Crippen LogP contribution in [-0.4, -0.2) is 92.1 Å². The van der Waals surface area contributed by atoms with Gasteiger partial charge in [0.2, 0.25) is 11.8 Å². The number of nitrogens with one attached hydrogen (secondary N) is 2. The number of hydrogen-bond donors (Lipinski definition) is 3. The molecule has 3 aromatic rings. The Kier molecular flexibility index (Phi) is 8.83. The molecule has 0 radical (unpaired) electrons. The van der Waals surface area contributed by atoms with E-state index in [1.165, 1.54) is 11.3 Å². The van der Waals surface area contributed by atoms with Gasteiger partial charge in [-0.05, 0) is 67.1 Å². The van der Waals surface area contributed by atoms with Gasteiger partial charge in [0.15, 0.2) is 5.82 Å². The lowest BCUT2D eigenvalue weighted by atomic mass is 9.85. The number of ether oxygens (including phenoxy) is 3. The Bertz CT molecular complexity index is 1830. The quantitative estimate of drug-likeness (QED) is 0.264. The lowest BCUT2D eigenvalue weighted by molar-refractivity contribution is -0.146. The fourth-order valence-corrected chi connectivity index (χ4v) is 7.93. The molecule has 3 saturated carbocycles. The molecule has 3 N–H and O–H groups in total. The summed E-state index contributed by atoms with van der Waals surface area (Å²) in [7, 11) is 1.57. The summed E-state index contributed by atoms with van der Waals surface area (Å²) in [5.74, 6) is 0.437. The van der Waals surface area contributed by atoms with Gasteiger partial charge in [-0.15, -0.1) is 0 Å². The summed E-state index contributed by atoms with van der Waals surface area (Å²) >= 11 is 0. The summed E-state index contributed by atoms with van der Waals surface area (Å²) in [6.45, 7) is 7.41. The Morgan fingerprint density at radius 1 is 1.08 bits per heavy atom. The normalized spacial score (nSPS) is 28.5. The number of alkyl carbamates (subject to hydrolysis) is 1. The number of nitrogens with zero attached hydrogens (tertiary/aromatic N) is 4. The van der Waals surface area contributed by atoms with Crippen LogP contribution in [0.25, 0.3) is 16.7 Å². The summed E-state index contributed by atoms with van der Waals surface area (Å²) in [6, 6.07) is 6.85. The van der Waals surface area contributed by atoms with E-state index < -0.39 is 53.0 Å². The third kappa shape index (κ3) is 6.79. The highest BCUT2D eigenvalue weighted by Gasteiger charge is 2.61. The molecule has 1 saturated heterocycles. The van der Waals surface area contributed by atoms with Crippen LogP contribution in [0, 0.1) is 23.2 Å². The Balaban J connectivity index is 1.18. The second kappa shape index (κ2) is 13.0. The summed E-state index contributed by atoms with van der Waals surface area (Å²) in [4.78, 5) is 60.3. The highest BCUT2D eigenvalue weighted by molar-refractivity contribution is 5.96. The average Bonchev–Trinajstić information content (AvgIpc) is 3.70. The van der Waals surface area contributed by atoms with Crippen molar-refractivity contribution in [3.63, 3.8) is 0 Å². The number of amides is 3. The van der Waals surface area contributed by atoms with Gasteiger partial charge in [-0.3, -0.25) is 9.59 Å². The van der Waals surface area contributed by atoms with Crippen LogP contribution < -0.4 is 20.1 Å². The van der Waals surface area contributed by atoms with Gasteiger partial charge in [-0.2, -0.15) is 5.10 Å². The number of carbonyl (C=O) groups excluding carboxylic acids is 3. The number of aromatic nitrogens is 3. The standard InChI is InChI=1S/C37H46N6O8/c1-6-22-18-37(22,34(46)47)41-32(44)28-16-25(50-29-17-30(43-11-7-10-38-43)39-27-15-23(49-5)8-9-26(27)29)19-42(28)33(45)31(36(2,3)4)40-35(48)51-24-13-20-12-21(20)14-24/h7-11,15,17,20-22,24-25,28,31H,6,12-14,16,18-19H2,1-5H3,(H,40,48)(H,41,44)(H,46,47)/t20-,21+,22-,24+,25-,28+,31-,37-/m1/s1. The number of hydrogen-bond acceptors (Lipinski definition) is 9. The number of fused-ring (bicyclic) bond motifs is 2. The minimum absolute atomic E-state index is 0.0144. The summed E-state index contributed by atoms with van der Waals surface area (Å²) in [5.41, 5.74) is -1.54. The molecule has 14 nitrogen and oxygen atoms in total. The van der Waals surface area contributed by atoms with E-state index in [0.717, 1.165) is 12.8 Å². The van der Waals surface area contributed by atoms with Crippen molar-refractivity contribution >= 4 is 34.8 Å². The van der Waals surface area contributed by atoms with Crippen molar-refractivity contribution in [2.24, 2.45) is 23.2 Å². The minimum Gasteiger partial charge on any atom is -0.497 e. The lowest BCUT2D eigenvalue weighted by Gasteiger charge is -2.35. The number of benzene rings is 1. The first kappa shape index (κ1) is 34.6. The fraction of sp³-hybridized carbons (Fsp3) is 0.568. The van der Waals surface area contributed by atoms with Gasteiger partial charge in [0.25, 0.3) is 0 Å². The van der Waals surface area contributed by atoms with Crippen LogP contribution in [-0.2, 0) is 19.1 Å². The highest BCUT2D eigenvalue weighted by Crippen LogP contribution is 2.52. The Hall–Kier alpha value is -4.88. The number of carbonyl (C=O) groups is 4. The predicted octanol–water partition coefficient (Wildman–Crippen LogP) is 4.09. The van der Waals surface area contributed by atoms with Crippen LogP contribution in [0.15, 0.2) is 42.7 Å². The average molecular weight is 703 g/mol. The van der Waals surface area contributed by atoms with Crippen LogP contribution in [0.5, 0.6) is 11.5 Å². The zero-order valence-electron chi connectivity index (χ0n) is 29.6. The van der Waals surface area contributed by atoms with Gasteiger partial charge >= 0.3 is 12.1 Å². The number of likely N-dealkylation sites (tertiary alicyclic amines) is 1. The van der Waals surface area contributed by atoms with E-state index in [0.29, 0.717) is 52.9 Å². The van der Waals surface area contributed by atoms with Crippen LogP contribution in [0.3, 0.4) is 0 Å². The zero-order valence-corrected chi connectivity index (χ0v) is 29.6. The van der Waals surface area contributed by atoms with E-state index in [9.17, 15) is 24.3 Å². The van der Waals surface area contributed by atoms with E-state index >= 15 is 0 Å². The Morgan fingerprint density at radius 3 is 2.47 bits per heavy atom. The molecule has 3 aliphatic carbocycles. The third-order valence-electron chi connectivity index (χ3n) is 11.0. The molecule has 14 heteroatoms. The number of carboxylic acid groups (broad SMARTS) is 1. The number of aliphatic carboxylic acids is 1. The van der Waals surface area contributed by atoms with Crippen molar-refractivity contribution in [1.82, 2.24) is 30.3 Å². The molecule has 51 heavy (non-hydrogen) atoms. The van der Waals surface area contributed by atoms with Crippen molar-refractivity contribution in [2.75, 3.05) is 13.7 Å². The predicted molar refractivity (Wildman–Crippen MR) is 184 cm³/mol. The maximum absolute atomic E-state index is 14.5. The summed E-state index contributed by atoms with van der Waals surface area (Å²) < 4.78 is 19.4. The molecule has 3 heterocycles. The molecule has 7 rings (SSSR count). The number of pyridine rings is 1. The smallest absolute Gasteiger partial charge is 0.408 e. The van der Waals surface area contributed by atoms with Gasteiger partial charge in [0.1, 0.15) is 41.3 Å². The van der Waals surface area contributed by atoms with E-state index in [4.69, 9.17) is 19.2 Å². The molecule has 8 atom stereocenters. The third-order valence-corrected chi connectivity index (χ3v) is 11.0. The van der Waals surface area contributed by atoms with Gasteiger partial charge in [0, 0.05) is 36.3 Å². The van der Waals surface area contributed by atoms with E-state index in [1.54, 1.807) is 48.5 Å². The first-order valence-electron chi connectivity index (χ1n) is 17.8. The second-order valence-electron chi connectivity index (χ2n) is 15.6. The van der Waals surface area contributed by atoms with Gasteiger partial charge in [-0.1, -0.05) is 34.1 Å². The summed E-state index contributed by atoms with van der Waals surface area (Å²) in [6.07, 6.45) is 5.74. The number of methoxy groups -OCH3 is 1. The maximum atomic E-state index is 14.5. The van der Waals surface area contributed by atoms with Crippen LogP contribution in [0.1, 0.15) is 66.2 Å². The first-order chi connectivity index (χ1) is 24.3. The van der Waals surface area contributed by atoms with Crippen LogP contribution in [0.2, 0.25) is 0 Å². The van der Waals surface area contributed by atoms with Crippen LogP contribution >= 0.6 is 0 Å². The molecule has 2 aromatic heterocycles. The van der Waals surface area contributed by atoms with Gasteiger partial charge < -0.3 is 34.9 Å². The number of carboxylic acids is 1. The van der Waals surface area contributed by atoms with E-state index in [1.807, 2.05) is 33.8 Å². The molecule has 0 spiro atoms. The van der Waals surface area contributed by atoms with Crippen molar-refractivity contribution in [2.45, 2.75) is 96.1 Å². The van der Waals surface area contributed by atoms with E-state index in [-0.39, 0.29) is 25.0 Å². The van der Waals surface area contributed by atoms with Crippen molar-refractivity contribution < 1.29 is 38.5 Å². The van der Waals surface area contributed by atoms with Crippen molar-refractivity contribution in [3.8, 4) is 17.3 Å². The largest absolute Gasteiger partial charge is 0.497 e. The topological polar surface area (TPSA) is 174 Å². The van der Waals surface area contributed by atoms with Gasteiger partial charge in [-0.25, -0.2) is 19.3 Å². The highest BCUT2D eigenvalue weighted by atomic mass is 16.6. The van der Waals surface area contributed by atoms with Crippen molar-refractivity contribution in [1.29, 1.82) is 0 Å². The molecule has 272 valence electrons. The van der Waals surface area contributed by atoms with Gasteiger partial charge in [0.05, 0.1) is 19.2 Å². The molecule has 4 aliphatic rings. The molecule has 1 aromatic carbocycles. The lowest BCUT2D eigenvalue weighted by Crippen LogP contribution is -2.59. The summed E-state index contributed by atoms with van der Waals surface area (Å²) in [5, 5.41) is 20.7. The molecular formula is C37H46N6O8. The number of rotatable bonds is 11. The molecular weight excluding hydrogens is 656 g/mol. The Morgan fingerprint density at radius 2 is 1.84 bits per heavy atom. The second-order valence-corrected chi connectivity index (χ2v) is 15.6. The maximum Gasteiger partial charge on any atom is 0.408 e. The zero-order chi connectivity index (χ0) is 36.2. The van der Waals surface area contributed by atoms with E-state index in [2.05, 4.69) is 15.7 Å². The first-order valence-corrected chi connectivity index (χ1v) is 17.8. The Labute approximate surface area is 296 Å². The van der Waals surface area contributed by atoms with Crippen LogP contribution in [0.4, 0.5) is 4.79 Å². The monoisotopic (exact) mass is 702 g/mol. The fourth-order valence-electron chi connectivity index (χ4n) is 7.93. The van der Waals surface area contributed by atoms with Crippen molar-refractivity contribution in [3.05, 3.63) is 42.7 Å². The SMILES string of the molecule is CC[C@@H]1C[C@]1(NC(=O)[C@@H]1C[C@@H](Oc2cc(-n3cccn3)nc3cc(OC)ccc23)CN1C(=O)[C@@H](NC(=O)O[C@@H]1C[C@@H]2C[C@@H]2C1)C(C)(C)C)C(=O)O. The molecule has 4 fully saturated rings.